The SMILES string of the molecule is O=C(CC1CCCC1)N1CCC(c2nc(-c3cccs3)no2)CC1. The Morgan fingerprint density at radius 1 is 1.25 bits per heavy atom. The number of hydrogen-bond donors (Lipinski definition) is 0. The Balaban J connectivity index is 1.32. The highest BCUT2D eigenvalue weighted by Gasteiger charge is 2.29. The van der Waals surface area contributed by atoms with Crippen molar-refractivity contribution >= 4 is 17.2 Å². The van der Waals surface area contributed by atoms with Crippen molar-refractivity contribution in [2.45, 2.75) is 50.9 Å². The zero-order valence-corrected chi connectivity index (χ0v) is 14.6. The first-order chi connectivity index (χ1) is 11.8. The van der Waals surface area contributed by atoms with Crippen LogP contribution in [0.3, 0.4) is 0 Å². The molecule has 0 spiro atoms. The fourth-order valence-corrected chi connectivity index (χ4v) is 4.52. The fourth-order valence-electron chi connectivity index (χ4n) is 3.87. The second-order valence-electron chi connectivity index (χ2n) is 6.94. The van der Waals surface area contributed by atoms with Crippen molar-refractivity contribution < 1.29 is 9.32 Å². The lowest BCUT2D eigenvalue weighted by Crippen LogP contribution is -2.38. The van der Waals surface area contributed by atoms with Crippen LogP contribution in [0.15, 0.2) is 22.0 Å². The number of hydrogen-bond acceptors (Lipinski definition) is 5. The number of amides is 1. The van der Waals surface area contributed by atoms with Gasteiger partial charge in [0.15, 0.2) is 0 Å². The number of nitrogens with zero attached hydrogens (tertiary/aromatic N) is 3. The van der Waals surface area contributed by atoms with Gasteiger partial charge in [-0.05, 0) is 43.0 Å². The van der Waals surface area contributed by atoms with Crippen molar-refractivity contribution in [3.8, 4) is 10.7 Å². The number of carbonyl (C=O) groups excluding carboxylic acids is 1. The summed E-state index contributed by atoms with van der Waals surface area (Å²) in [7, 11) is 0. The monoisotopic (exact) mass is 345 g/mol. The van der Waals surface area contributed by atoms with Gasteiger partial charge in [-0.3, -0.25) is 4.79 Å². The van der Waals surface area contributed by atoms with Gasteiger partial charge in [0.2, 0.25) is 17.6 Å². The Hall–Kier alpha value is -1.69. The molecule has 1 aliphatic carbocycles. The number of likely N-dealkylation sites (tertiary alicyclic amines) is 1. The van der Waals surface area contributed by atoms with Gasteiger partial charge < -0.3 is 9.42 Å². The summed E-state index contributed by atoms with van der Waals surface area (Å²) in [6, 6.07) is 3.99. The van der Waals surface area contributed by atoms with Crippen molar-refractivity contribution in [2.24, 2.45) is 5.92 Å². The van der Waals surface area contributed by atoms with E-state index in [1.54, 1.807) is 11.3 Å². The largest absolute Gasteiger partial charge is 0.343 e. The van der Waals surface area contributed by atoms with E-state index in [1.165, 1.54) is 25.7 Å². The van der Waals surface area contributed by atoms with E-state index in [-0.39, 0.29) is 5.92 Å². The van der Waals surface area contributed by atoms with E-state index in [9.17, 15) is 4.79 Å². The number of thiophene rings is 1. The molecule has 0 radical (unpaired) electrons. The van der Waals surface area contributed by atoms with Gasteiger partial charge in [-0.15, -0.1) is 11.3 Å². The van der Waals surface area contributed by atoms with Crippen molar-refractivity contribution in [3.63, 3.8) is 0 Å². The van der Waals surface area contributed by atoms with Crippen molar-refractivity contribution in [1.29, 1.82) is 0 Å². The Labute approximate surface area is 146 Å². The van der Waals surface area contributed by atoms with Crippen LogP contribution < -0.4 is 0 Å². The van der Waals surface area contributed by atoms with E-state index < -0.39 is 0 Å². The summed E-state index contributed by atoms with van der Waals surface area (Å²) in [6.07, 6.45) is 7.64. The van der Waals surface area contributed by atoms with E-state index in [4.69, 9.17) is 4.52 Å². The van der Waals surface area contributed by atoms with Gasteiger partial charge in [-0.25, -0.2) is 0 Å². The molecule has 24 heavy (non-hydrogen) atoms. The first-order valence-corrected chi connectivity index (χ1v) is 9.83. The highest BCUT2D eigenvalue weighted by molar-refractivity contribution is 7.13. The van der Waals surface area contributed by atoms with E-state index >= 15 is 0 Å². The molecule has 4 rings (SSSR count). The predicted molar refractivity (Wildman–Crippen MR) is 92.7 cm³/mol. The van der Waals surface area contributed by atoms with Crippen molar-refractivity contribution in [3.05, 3.63) is 23.4 Å². The summed E-state index contributed by atoms with van der Waals surface area (Å²) >= 11 is 1.62. The third-order valence-electron chi connectivity index (χ3n) is 5.32. The van der Waals surface area contributed by atoms with Gasteiger partial charge in [0, 0.05) is 25.4 Å². The molecule has 0 bridgehead atoms. The molecule has 0 N–H and O–H groups in total. The molecule has 0 aromatic carbocycles. The number of piperidine rings is 1. The van der Waals surface area contributed by atoms with Crippen molar-refractivity contribution in [1.82, 2.24) is 15.0 Å². The molecule has 6 heteroatoms. The molecule has 128 valence electrons. The maximum absolute atomic E-state index is 12.4. The third kappa shape index (κ3) is 3.38. The minimum absolute atomic E-state index is 0.279. The zero-order chi connectivity index (χ0) is 16.4. The van der Waals surface area contributed by atoms with Crippen LogP contribution >= 0.6 is 11.3 Å². The Morgan fingerprint density at radius 2 is 2.04 bits per heavy atom. The molecule has 2 aromatic rings. The molecule has 2 aromatic heterocycles. The fraction of sp³-hybridized carbons (Fsp3) is 0.611. The second-order valence-corrected chi connectivity index (χ2v) is 7.89. The lowest BCUT2D eigenvalue weighted by atomic mass is 9.95. The van der Waals surface area contributed by atoms with Gasteiger partial charge in [0.05, 0.1) is 4.88 Å². The lowest BCUT2D eigenvalue weighted by molar-refractivity contribution is -0.133. The number of rotatable bonds is 4. The minimum atomic E-state index is 0.279. The molecule has 1 saturated heterocycles. The minimum Gasteiger partial charge on any atom is -0.343 e. The first kappa shape index (κ1) is 15.8. The summed E-state index contributed by atoms with van der Waals surface area (Å²) in [6.45, 7) is 1.62. The van der Waals surface area contributed by atoms with Crippen LogP contribution in [0.5, 0.6) is 0 Å². The zero-order valence-electron chi connectivity index (χ0n) is 13.8. The lowest BCUT2D eigenvalue weighted by Gasteiger charge is -2.31. The highest BCUT2D eigenvalue weighted by Crippen LogP contribution is 2.32. The summed E-state index contributed by atoms with van der Waals surface area (Å²) in [4.78, 5) is 20.1. The molecular weight excluding hydrogens is 322 g/mol. The first-order valence-electron chi connectivity index (χ1n) is 8.95. The van der Waals surface area contributed by atoms with Gasteiger partial charge in [0.1, 0.15) is 0 Å². The molecule has 0 unspecified atom stereocenters. The van der Waals surface area contributed by atoms with Crippen LogP contribution in [0.25, 0.3) is 10.7 Å². The topological polar surface area (TPSA) is 59.2 Å². The van der Waals surface area contributed by atoms with Crippen LogP contribution in [-0.4, -0.2) is 34.0 Å². The average Bonchev–Trinajstić information content (AvgIpc) is 3.36. The van der Waals surface area contributed by atoms with Crippen LogP contribution in [0, 0.1) is 5.92 Å². The van der Waals surface area contributed by atoms with E-state index in [2.05, 4.69) is 10.1 Å². The average molecular weight is 345 g/mol. The van der Waals surface area contributed by atoms with Gasteiger partial charge in [0.25, 0.3) is 0 Å². The van der Waals surface area contributed by atoms with Crippen LogP contribution in [0.1, 0.15) is 56.8 Å². The van der Waals surface area contributed by atoms with E-state index in [0.717, 1.165) is 43.1 Å². The van der Waals surface area contributed by atoms with Gasteiger partial charge in [-0.2, -0.15) is 4.98 Å². The number of carbonyl (C=O) groups is 1. The summed E-state index contributed by atoms with van der Waals surface area (Å²) < 4.78 is 5.47. The standard InChI is InChI=1S/C18H23N3O2S/c22-16(12-13-4-1-2-5-13)21-9-7-14(8-10-21)18-19-17(20-23-18)15-6-3-11-24-15/h3,6,11,13-14H,1-2,4-5,7-10,12H2. The molecule has 3 heterocycles. The van der Waals surface area contributed by atoms with Crippen molar-refractivity contribution in [2.75, 3.05) is 13.1 Å². The van der Waals surface area contributed by atoms with Crippen LogP contribution in [0.2, 0.25) is 0 Å². The normalized spacial score (nSPS) is 19.9. The maximum Gasteiger partial charge on any atom is 0.230 e. The highest BCUT2D eigenvalue weighted by atomic mass is 32.1. The molecule has 1 amide bonds. The van der Waals surface area contributed by atoms with E-state index in [0.29, 0.717) is 17.6 Å². The molecule has 1 saturated carbocycles. The molecule has 1 aliphatic heterocycles. The summed E-state index contributed by atoms with van der Waals surface area (Å²) in [5.41, 5.74) is 0. The number of aromatic nitrogens is 2. The quantitative estimate of drug-likeness (QED) is 0.837. The second kappa shape index (κ2) is 7.05. The summed E-state index contributed by atoms with van der Waals surface area (Å²) in [5, 5.41) is 6.11. The smallest absolute Gasteiger partial charge is 0.230 e. The molecule has 5 nitrogen and oxygen atoms in total. The molecule has 0 atom stereocenters. The molecule has 2 fully saturated rings. The maximum atomic E-state index is 12.4. The third-order valence-corrected chi connectivity index (χ3v) is 6.18. The van der Waals surface area contributed by atoms with Gasteiger partial charge >= 0.3 is 0 Å². The molecule has 2 aliphatic rings. The Morgan fingerprint density at radius 3 is 2.75 bits per heavy atom. The van der Waals surface area contributed by atoms with E-state index in [1.807, 2.05) is 22.4 Å². The molecular formula is C18H23N3O2S. The van der Waals surface area contributed by atoms with Crippen LogP contribution in [-0.2, 0) is 4.79 Å². The predicted octanol–water partition coefficient (Wildman–Crippen LogP) is 4.08. The van der Waals surface area contributed by atoms with Crippen LogP contribution in [0.4, 0.5) is 0 Å². The Bertz CT molecular complexity index is 668. The van der Waals surface area contributed by atoms with Gasteiger partial charge in [-0.1, -0.05) is 24.1 Å². The summed E-state index contributed by atoms with van der Waals surface area (Å²) in [5.74, 6) is 2.65. The Kier molecular flexibility index (Phi) is 4.65.